The minimum Gasteiger partial charge on any atom is -0.365 e. The monoisotopic (exact) mass is 283 g/mol. The highest BCUT2D eigenvalue weighted by atomic mass is 19.1. The van der Waals surface area contributed by atoms with Crippen LogP contribution in [0, 0.1) is 21.7 Å². The van der Waals surface area contributed by atoms with Crippen LogP contribution in [0.5, 0.6) is 0 Å². The van der Waals surface area contributed by atoms with Crippen LogP contribution in [-0.2, 0) is 0 Å². The van der Waals surface area contributed by atoms with Crippen molar-refractivity contribution in [1.82, 2.24) is 5.32 Å². The third-order valence-electron chi connectivity index (χ3n) is 4.05. The number of fused-ring (bicyclic) bond motifs is 2. The summed E-state index contributed by atoms with van der Waals surface area (Å²) in [6.45, 7) is 1.09. The number of nitro groups is 1. The van der Waals surface area contributed by atoms with Gasteiger partial charge in [0.2, 0.25) is 0 Å². The summed E-state index contributed by atoms with van der Waals surface area (Å²) in [7, 11) is 0. The first-order valence-corrected chi connectivity index (χ1v) is 6.69. The lowest BCUT2D eigenvalue weighted by atomic mass is 10.1. The zero-order valence-electron chi connectivity index (χ0n) is 10.8. The van der Waals surface area contributed by atoms with Gasteiger partial charge < -0.3 is 10.2 Å². The SMILES string of the molecule is O=[N+]([O-])c1cc(F)c(N2CCC3CCC(C2)N3)c(F)c1. The zero-order chi connectivity index (χ0) is 14.3. The molecule has 0 aliphatic carbocycles. The highest BCUT2D eigenvalue weighted by molar-refractivity contribution is 5.54. The molecule has 7 heteroatoms. The van der Waals surface area contributed by atoms with Crippen LogP contribution in [-0.4, -0.2) is 30.1 Å². The molecule has 108 valence electrons. The summed E-state index contributed by atoms with van der Waals surface area (Å²) in [6, 6.07) is 2.22. The Bertz CT molecular complexity index is 529. The number of hydrogen-bond donors (Lipinski definition) is 1. The Hall–Kier alpha value is -1.76. The lowest BCUT2D eigenvalue weighted by Gasteiger charge is -2.27. The number of halogens is 2. The van der Waals surface area contributed by atoms with Crippen molar-refractivity contribution in [2.45, 2.75) is 31.3 Å². The summed E-state index contributed by atoms with van der Waals surface area (Å²) in [5.74, 6) is -1.73. The Kier molecular flexibility index (Phi) is 3.29. The van der Waals surface area contributed by atoms with Gasteiger partial charge in [0.1, 0.15) is 5.69 Å². The predicted molar refractivity (Wildman–Crippen MR) is 69.8 cm³/mol. The Morgan fingerprint density at radius 3 is 2.50 bits per heavy atom. The lowest BCUT2D eigenvalue weighted by molar-refractivity contribution is -0.385. The zero-order valence-corrected chi connectivity index (χ0v) is 10.8. The number of anilines is 1. The van der Waals surface area contributed by atoms with E-state index in [-0.39, 0.29) is 11.7 Å². The second kappa shape index (κ2) is 4.97. The van der Waals surface area contributed by atoms with Crippen LogP contribution < -0.4 is 10.2 Å². The van der Waals surface area contributed by atoms with Gasteiger partial charge in [-0.1, -0.05) is 0 Å². The van der Waals surface area contributed by atoms with Crippen molar-refractivity contribution in [2.75, 3.05) is 18.0 Å². The van der Waals surface area contributed by atoms with Gasteiger partial charge in [-0.15, -0.1) is 0 Å². The summed E-state index contributed by atoms with van der Waals surface area (Å²) >= 11 is 0. The Balaban J connectivity index is 1.91. The number of nitrogens with one attached hydrogen (secondary N) is 1. The third-order valence-corrected chi connectivity index (χ3v) is 4.05. The van der Waals surface area contributed by atoms with Crippen molar-refractivity contribution in [2.24, 2.45) is 0 Å². The lowest BCUT2D eigenvalue weighted by Crippen LogP contribution is -2.36. The number of nitrogens with zero attached hydrogens (tertiary/aromatic N) is 2. The van der Waals surface area contributed by atoms with E-state index in [9.17, 15) is 18.9 Å². The first kappa shape index (κ1) is 13.2. The molecule has 0 radical (unpaired) electrons. The molecule has 2 unspecified atom stereocenters. The van der Waals surface area contributed by atoms with E-state index in [0.29, 0.717) is 19.1 Å². The van der Waals surface area contributed by atoms with Crippen molar-refractivity contribution in [3.8, 4) is 0 Å². The molecule has 2 saturated heterocycles. The van der Waals surface area contributed by atoms with Gasteiger partial charge in [0.15, 0.2) is 11.6 Å². The van der Waals surface area contributed by atoms with Crippen LogP contribution in [0.25, 0.3) is 0 Å². The topological polar surface area (TPSA) is 58.4 Å². The van der Waals surface area contributed by atoms with Gasteiger partial charge in [0, 0.05) is 25.2 Å². The number of rotatable bonds is 2. The van der Waals surface area contributed by atoms with Gasteiger partial charge in [-0.05, 0) is 19.3 Å². The van der Waals surface area contributed by atoms with Gasteiger partial charge in [-0.25, -0.2) is 8.78 Å². The molecule has 2 heterocycles. The van der Waals surface area contributed by atoms with Crippen molar-refractivity contribution in [1.29, 1.82) is 0 Å². The van der Waals surface area contributed by atoms with E-state index in [2.05, 4.69) is 5.32 Å². The molecule has 20 heavy (non-hydrogen) atoms. The van der Waals surface area contributed by atoms with E-state index in [1.807, 2.05) is 0 Å². The van der Waals surface area contributed by atoms with Crippen LogP contribution >= 0.6 is 0 Å². The highest BCUT2D eigenvalue weighted by Crippen LogP contribution is 2.31. The van der Waals surface area contributed by atoms with Gasteiger partial charge in [-0.3, -0.25) is 10.1 Å². The fraction of sp³-hybridized carbons (Fsp3) is 0.538. The molecule has 2 atom stereocenters. The van der Waals surface area contributed by atoms with Crippen molar-refractivity contribution >= 4 is 11.4 Å². The molecule has 0 amide bonds. The fourth-order valence-corrected chi connectivity index (χ4v) is 3.11. The maximum Gasteiger partial charge on any atom is 0.275 e. The molecule has 3 rings (SSSR count). The Morgan fingerprint density at radius 2 is 1.85 bits per heavy atom. The second-order valence-corrected chi connectivity index (χ2v) is 5.39. The summed E-state index contributed by atoms with van der Waals surface area (Å²) < 4.78 is 28.0. The second-order valence-electron chi connectivity index (χ2n) is 5.39. The van der Waals surface area contributed by atoms with E-state index >= 15 is 0 Å². The first-order chi connectivity index (χ1) is 9.54. The molecule has 2 aliphatic rings. The minimum absolute atomic E-state index is 0.148. The van der Waals surface area contributed by atoms with Gasteiger partial charge in [0.05, 0.1) is 17.1 Å². The smallest absolute Gasteiger partial charge is 0.275 e. The van der Waals surface area contributed by atoms with Crippen LogP contribution in [0.3, 0.4) is 0 Å². The molecular formula is C13H15F2N3O2. The van der Waals surface area contributed by atoms with Gasteiger partial charge in [0.25, 0.3) is 5.69 Å². The molecule has 0 saturated carbocycles. The molecule has 1 aromatic carbocycles. The third kappa shape index (κ3) is 2.33. The highest BCUT2D eigenvalue weighted by Gasteiger charge is 2.31. The van der Waals surface area contributed by atoms with E-state index in [1.165, 1.54) is 0 Å². The van der Waals surface area contributed by atoms with Crippen molar-refractivity contribution in [3.05, 3.63) is 33.9 Å². The molecule has 2 aliphatic heterocycles. The number of benzene rings is 1. The molecule has 0 aromatic heterocycles. The number of non-ortho nitro benzene ring substituents is 1. The van der Waals surface area contributed by atoms with Gasteiger partial charge >= 0.3 is 0 Å². The predicted octanol–water partition coefficient (Wildman–Crippen LogP) is 2.20. The average molecular weight is 283 g/mol. The van der Waals surface area contributed by atoms with E-state index in [1.54, 1.807) is 4.90 Å². The first-order valence-electron chi connectivity index (χ1n) is 6.69. The van der Waals surface area contributed by atoms with Crippen LogP contribution in [0.2, 0.25) is 0 Å². The molecular weight excluding hydrogens is 268 g/mol. The number of hydrogen-bond acceptors (Lipinski definition) is 4. The quantitative estimate of drug-likeness (QED) is 0.668. The van der Waals surface area contributed by atoms with E-state index in [0.717, 1.165) is 31.4 Å². The van der Waals surface area contributed by atoms with E-state index in [4.69, 9.17) is 0 Å². The maximum absolute atomic E-state index is 14.0. The summed E-state index contributed by atoms with van der Waals surface area (Å²) in [6.07, 6.45) is 2.92. The minimum atomic E-state index is -0.866. The number of nitro benzene ring substituents is 1. The molecule has 0 spiro atoms. The summed E-state index contributed by atoms with van der Waals surface area (Å²) in [5.41, 5.74) is -0.705. The Morgan fingerprint density at radius 1 is 1.20 bits per heavy atom. The van der Waals surface area contributed by atoms with Crippen molar-refractivity contribution in [3.63, 3.8) is 0 Å². The largest absolute Gasteiger partial charge is 0.365 e. The average Bonchev–Trinajstić information content (AvgIpc) is 2.70. The summed E-state index contributed by atoms with van der Waals surface area (Å²) in [4.78, 5) is 11.5. The van der Waals surface area contributed by atoms with Crippen LogP contribution in [0.4, 0.5) is 20.2 Å². The fourth-order valence-electron chi connectivity index (χ4n) is 3.11. The molecule has 2 bridgehead atoms. The standard InChI is InChI=1S/C13H15F2N3O2/c14-11-5-10(18(19)20)6-12(15)13(11)17-4-3-8-1-2-9(7-17)16-8/h5-6,8-9,16H,1-4,7H2. The van der Waals surface area contributed by atoms with Crippen LogP contribution in [0.1, 0.15) is 19.3 Å². The maximum atomic E-state index is 14.0. The summed E-state index contributed by atoms with van der Waals surface area (Å²) in [5, 5.41) is 14.0. The molecule has 2 fully saturated rings. The normalized spacial score (nSPS) is 25.6. The Labute approximate surface area is 114 Å². The van der Waals surface area contributed by atoms with Crippen molar-refractivity contribution < 1.29 is 13.7 Å². The van der Waals surface area contributed by atoms with Gasteiger partial charge in [-0.2, -0.15) is 0 Å². The molecule has 1 N–H and O–H groups in total. The molecule has 1 aromatic rings. The van der Waals surface area contributed by atoms with E-state index < -0.39 is 22.2 Å². The molecule has 5 nitrogen and oxygen atoms in total. The van der Waals surface area contributed by atoms with Crippen LogP contribution in [0.15, 0.2) is 12.1 Å².